The number of nitrogens with zero attached hydrogens (tertiary/aromatic N) is 1. The number of halogens is 1. The van der Waals surface area contributed by atoms with Gasteiger partial charge in [0.05, 0.1) is 11.0 Å². The second kappa shape index (κ2) is 5.99. The summed E-state index contributed by atoms with van der Waals surface area (Å²) in [5.41, 5.74) is -0.0252. The van der Waals surface area contributed by atoms with Crippen molar-refractivity contribution in [1.29, 1.82) is 0 Å². The molecule has 6 heteroatoms. The fourth-order valence-electron chi connectivity index (χ4n) is 2.92. The third-order valence-electron chi connectivity index (χ3n) is 4.11. The molecular weight excluding hydrogens is 354 g/mol. The lowest BCUT2D eigenvalue weighted by Crippen LogP contribution is -2.49. The highest BCUT2D eigenvalue weighted by molar-refractivity contribution is 9.10. The average Bonchev–Trinajstić information content (AvgIpc) is 2.37. The molecule has 0 radical (unpaired) electrons. The summed E-state index contributed by atoms with van der Waals surface area (Å²) in [5.74, 6) is 0.114. The molecule has 1 N–H and O–H groups in total. The van der Waals surface area contributed by atoms with Crippen LogP contribution in [0.3, 0.4) is 0 Å². The fourth-order valence-corrected chi connectivity index (χ4v) is 5.36. The zero-order chi connectivity index (χ0) is 15.8. The highest BCUT2D eigenvalue weighted by Crippen LogP contribution is 2.36. The van der Waals surface area contributed by atoms with Crippen molar-refractivity contribution in [2.45, 2.75) is 38.2 Å². The number of β-amino-alcohol motifs (C(OH)–C–C–N with tert-alkyl or cyclic N) is 1. The summed E-state index contributed by atoms with van der Waals surface area (Å²) in [6, 6.07) is 6.78. The lowest BCUT2D eigenvalue weighted by molar-refractivity contribution is -0.00210. The minimum atomic E-state index is -3.57. The van der Waals surface area contributed by atoms with Crippen LogP contribution < -0.4 is 0 Å². The standard InChI is InChI=1S/C15H22BrNO3S/c1-15(2,3)11-8-9-17(10-13(11)18)21(19,20)14-7-5-4-6-12(14)16/h4-7,11,13,18H,8-10H2,1-3H3/t11-,13+/m1/s1. The molecule has 2 rings (SSSR count). The Morgan fingerprint density at radius 3 is 2.43 bits per heavy atom. The molecule has 1 aromatic rings. The van der Waals surface area contributed by atoms with Gasteiger partial charge in [-0.3, -0.25) is 0 Å². The van der Waals surface area contributed by atoms with Crippen LogP contribution in [0.1, 0.15) is 27.2 Å². The maximum Gasteiger partial charge on any atom is 0.244 e. The van der Waals surface area contributed by atoms with Crippen LogP contribution in [0.15, 0.2) is 33.6 Å². The van der Waals surface area contributed by atoms with Crippen LogP contribution in [0.5, 0.6) is 0 Å². The van der Waals surface area contributed by atoms with Crippen molar-refractivity contribution >= 4 is 26.0 Å². The van der Waals surface area contributed by atoms with E-state index in [9.17, 15) is 13.5 Å². The zero-order valence-corrected chi connectivity index (χ0v) is 15.0. The second-order valence-corrected chi connectivity index (χ2v) is 9.38. The number of benzene rings is 1. The molecule has 1 aliphatic heterocycles. The van der Waals surface area contributed by atoms with Gasteiger partial charge >= 0.3 is 0 Å². The van der Waals surface area contributed by atoms with Gasteiger partial charge in [-0.15, -0.1) is 0 Å². The van der Waals surface area contributed by atoms with Crippen molar-refractivity contribution < 1.29 is 13.5 Å². The van der Waals surface area contributed by atoms with Gasteiger partial charge in [0.2, 0.25) is 10.0 Å². The number of aliphatic hydroxyl groups is 1. The molecule has 1 aliphatic rings. The molecule has 0 aliphatic carbocycles. The van der Waals surface area contributed by atoms with E-state index in [1.807, 2.05) is 0 Å². The minimum absolute atomic E-state index is 0.0252. The smallest absolute Gasteiger partial charge is 0.244 e. The number of rotatable bonds is 2. The topological polar surface area (TPSA) is 57.6 Å². The Morgan fingerprint density at radius 2 is 1.90 bits per heavy atom. The highest BCUT2D eigenvalue weighted by atomic mass is 79.9. The minimum Gasteiger partial charge on any atom is -0.391 e. The van der Waals surface area contributed by atoms with Gasteiger partial charge in [0, 0.05) is 17.6 Å². The number of sulfonamides is 1. The number of hydrogen-bond donors (Lipinski definition) is 1. The van der Waals surface area contributed by atoms with Gasteiger partial charge < -0.3 is 5.11 Å². The van der Waals surface area contributed by atoms with Gasteiger partial charge in [0.25, 0.3) is 0 Å². The number of aliphatic hydroxyl groups excluding tert-OH is 1. The number of piperidine rings is 1. The lowest BCUT2D eigenvalue weighted by atomic mass is 9.74. The lowest BCUT2D eigenvalue weighted by Gasteiger charge is -2.41. The maximum atomic E-state index is 12.7. The summed E-state index contributed by atoms with van der Waals surface area (Å²) < 4.78 is 27.3. The Kier molecular flexibility index (Phi) is 4.83. The molecule has 118 valence electrons. The quantitative estimate of drug-likeness (QED) is 0.864. The Morgan fingerprint density at radius 1 is 1.29 bits per heavy atom. The number of hydrogen-bond acceptors (Lipinski definition) is 3. The Bertz CT molecular complexity index is 610. The third-order valence-corrected chi connectivity index (χ3v) is 6.99. The average molecular weight is 376 g/mol. The molecule has 0 bridgehead atoms. The molecule has 1 aromatic carbocycles. The molecular formula is C15H22BrNO3S. The van der Waals surface area contributed by atoms with Crippen LogP contribution >= 0.6 is 15.9 Å². The van der Waals surface area contributed by atoms with Crippen molar-refractivity contribution in [1.82, 2.24) is 4.31 Å². The van der Waals surface area contributed by atoms with E-state index in [4.69, 9.17) is 0 Å². The first-order valence-corrected chi connectivity index (χ1v) is 9.30. The summed E-state index contributed by atoms with van der Waals surface area (Å²) in [6.45, 7) is 6.85. The van der Waals surface area contributed by atoms with Crippen LogP contribution in [0.4, 0.5) is 0 Å². The van der Waals surface area contributed by atoms with Gasteiger partial charge in [0.1, 0.15) is 0 Å². The predicted molar refractivity (Wildman–Crippen MR) is 86.5 cm³/mol. The Labute approximate surface area is 135 Å². The molecule has 4 nitrogen and oxygen atoms in total. The Balaban J connectivity index is 2.23. The van der Waals surface area contributed by atoms with E-state index >= 15 is 0 Å². The summed E-state index contributed by atoms with van der Waals surface area (Å²) in [7, 11) is -3.57. The first kappa shape index (κ1) is 16.9. The zero-order valence-electron chi connectivity index (χ0n) is 12.6. The van der Waals surface area contributed by atoms with E-state index in [-0.39, 0.29) is 22.8 Å². The summed E-state index contributed by atoms with van der Waals surface area (Å²) in [4.78, 5) is 0.256. The molecule has 0 amide bonds. The van der Waals surface area contributed by atoms with E-state index in [0.717, 1.165) is 0 Å². The van der Waals surface area contributed by atoms with Gasteiger partial charge in [-0.05, 0) is 45.8 Å². The van der Waals surface area contributed by atoms with Gasteiger partial charge in [-0.25, -0.2) is 8.42 Å². The predicted octanol–water partition coefficient (Wildman–Crippen LogP) is 2.87. The first-order chi connectivity index (χ1) is 9.64. The van der Waals surface area contributed by atoms with E-state index in [2.05, 4.69) is 36.7 Å². The molecule has 0 saturated carbocycles. The third kappa shape index (κ3) is 3.50. The van der Waals surface area contributed by atoms with Gasteiger partial charge in [-0.2, -0.15) is 4.31 Å². The van der Waals surface area contributed by atoms with Gasteiger partial charge in [0.15, 0.2) is 0 Å². The molecule has 2 atom stereocenters. The Hall–Kier alpha value is -0.430. The van der Waals surface area contributed by atoms with Crippen LogP contribution in [0.25, 0.3) is 0 Å². The fraction of sp³-hybridized carbons (Fsp3) is 0.600. The summed E-state index contributed by atoms with van der Waals surface area (Å²) in [6.07, 6.45) is 0.0463. The van der Waals surface area contributed by atoms with E-state index in [1.54, 1.807) is 24.3 Å². The van der Waals surface area contributed by atoms with E-state index in [0.29, 0.717) is 17.4 Å². The van der Waals surface area contributed by atoms with Gasteiger partial charge in [-0.1, -0.05) is 32.9 Å². The van der Waals surface area contributed by atoms with Crippen LogP contribution in [-0.2, 0) is 10.0 Å². The largest absolute Gasteiger partial charge is 0.391 e. The molecule has 0 spiro atoms. The maximum absolute atomic E-state index is 12.7. The summed E-state index contributed by atoms with van der Waals surface area (Å²) in [5, 5.41) is 10.3. The van der Waals surface area contributed by atoms with Crippen LogP contribution in [-0.4, -0.2) is 37.0 Å². The SMILES string of the molecule is CC(C)(C)[C@@H]1CCN(S(=O)(=O)c2ccccc2Br)C[C@@H]1O. The van der Waals surface area contributed by atoms with Crippen molar-refractivity contribution in [3.8, 4) is 0 Å². The van der Waals surface area contributed by atoms with Crippen molar-refractivity contribution in [3.05, 3.63) is 28.7 Å². The van der Waals surface area contributed by atoms with E-state index in [1.165, 1.54) is 4.31 Å². The normalized spacial score (nSPS) is 25.0. The van der Waals surface area contributed by atoms with Crippen molar-refractivity contribution in [3.63, 3.8) is 0 Å². The van der Waals surface area contributed by atoms with Crippen LogP contribution in [0.2, 0.25) is 0 Å². The molecule has 1 fully saturated rings. The van der Waals surface area contributed by atoms with Crippen LogP contribution in [0, 0.1) is 11.3 Å². The molecule has 1 saturated heterocycles. The molecule has 21 heavy (non-hydrogen) atoms. The monoisotopic (exact) mass is 375 g/mol. The van der Waals surface area contributed by atoms with E-state index < -0.39 is 16.1 Å². The molecule has 1 heterocycles. The van der Waals surface area contributed by atoms with Crippen molar-refractivity contribution in [2.24, 2.45) is 11.3 Å². The summed E-state index contributed by atoms with van der Waals surface area (Å²) >= 11 is 3.29. The highest BCUT2D eigenvalue weighted by Gasteiger charge is 2.39. The second-order valence-electron chi connectivity index (χ2n) is 6.62. The molecule has 0 aromatic heterocycles. The first-order valence-electron chi connectivity index (χ1n) is 7.07. The molecule has 0 unspecified atom stereocenters. The van der Waals surface area contributed by atoms with Crippen molar-refractivity contribution in [2.75, 3.05) is 13.1 Å².